The Morgan fingerprint density at radius 3 is 1.79 bits per heavy atom. The summed E-state index contributed by atoms with van der Waals surface area (Å²) in [5, 5.41) is 23.5. The van der Waals surface area contributed by atoms with E-state index in [1.165, 1.54) is 77.6 Å². The van der Waals surface area contributed by atoms with Crippen molar-refractivity contribution in [3.8, 4) is 0 Å². The van der Waals surface area contributed by atoms with Crippen LogP contribution in [0.5, 0.6) is 0 Å². The summed E-state index contributed by atoms with van der Waals surface area (Å²) in [5.41, 5.74) is 0. The fourth-order valence-electron chi connectivity index (χ4n) is 10.5. The fourth-order valence-corrected chi connectivity index (χ4v) is 10.5. The van der Waals surface area contributed by atoms with Gasteiger partial charge < -0.3 is 50.6 Å². The van der Waals surface area contributed by atoms with Crippen LogP contribution in [0.2, 0.25) is 0 Å². The second-order valence-corrected chi connectivity index (χ2v) is 23.7. The molecule has 0 bridgehead atoms. The summed E-state index contributed by atoms with van der Waals surface area (Å²) in [6.07, 6.45) is 25.3. The van der Waals surface area contributed by atoms with Gasteiger partial charge in [0.2, 0.25) is 29.5 Å². The molecule has 5 atom stereocenters. The maximum atomic E-state index is 13.6. The Balaban J connectivity index is 2.14. The van der Waals surface area contributed by atoms with Crippen LogP contribution >= 0.6 is 0 Å². The topological polar surface area (TPSA) is 288 Å². The van der Waals surface area contributed by atoms with E-state index in [0.29, 0.717) is 77.5 Å². The Labute approximate surface area is 510 Å². The van der Waals surface area contributed by atoms with E-state index in [9.17, 15) is 53.1 Å². The van der Waals surface area contributed by atoms with Crippen LogP contribution in [0.25, 0.3) is 0 Å². The van der Waals surface area contributed by atoms with Crippen molar-refractivity contribution in [3.63, 3.8) is 0 Å². The lowest BCUT2D eigenvalue weighted by Gasteiger charge is -2.22. The van der Waals surface area contributed by atoms with Crippen LogP contribution in [0.3, 0.4) is 0 Å². The number of aliphatic carboxylic acids is 1. The molecule has 1 aliphatic rings. The van der Waals surface area contributed by atoms with Crippen molar-refractivity contribution >= 4 is 58.6 Å². The Kier molecular flexibility index (Phi) is 48.4. The molecule has 20 nitrogen and oxygen atoms in total. The number of carboxylic acid groups (broad SMARTS) is 1. The predicted molar refractivity (Wildman–Crippen MR) is 329 cm³/mol. The summed E-state index contributed by atoms with van der Waals surface area (Å²) in [6, 6.07) is -1.83. The van der Waals surface area contributed by atoms with Gasteiger partial charge in [-0.2, -0.15) is 0 Å². The zero-order valence-electron chi connectivity index (χ0n) is 53.2. The Bertz CT molecular complexity index is 1880. The molecule has 1 rings (SSSR count). The molecule has 1 saturated heterocycles. The van der Waals surface area contributed by atoms with E-state index in [4.69, 9.17) is 18.9 Å². The smallest absolute Gasteiger partial charge is 0.326 e. The number of amides is 5. The number of carbonyl (C=O) groups is 10. The molecule has 1 fully saturated rings. The number of hydrogen-bond acceptors (Lipinski definition) is 14. The maximum absolute atomic E-state index is 13.6. The highest BCUT2D eigenvalue weighted by Crippen LogP contribution is 2.25. The first-order chi connectivity index (χ1) is 41.0. The third-order valence-electron chi connectivity index (χ3n) is 15.7. The highest BCUT2D eigenvalue weighted by molar-refractivity contribution is 5.91. The molecule has 85 heavy (non-hydrogen) atoms. The first-order valence-electron chi connectivity index (χ1n) is 33.0. The zero-order valence-corrected chi connectivity index (χ0v) is 53.2. The van der Waals surface area contributed by atoms with Gasteiger partial charge in [-0.3, -0.25) is 43.2 Å². The van der Waals surface area contributed by atoms with Crippen molar-refractivity contribution in [2.45, 2.75) is 259 Å². The molecule has 20 heteroatoms. The Morgan fingerprint density at radius 2 is 1.20 bits per heavy atom. The van der Waals surface area contributed by atoms with Crippen LogP contribution in [0.4, 0.5) is 0 Å². The van der Waals surface area contributed by atoms with E-state index in [1.54, 1.807) is 0 Å². The molecule has 0 spiro atoms. The lowest BCUT2D eigenvalue weighted by atomic mass is 9.84. The van der Waals surface area contributed by atoms with E-state index in [-0.39, 0.29) is 169 Å². The number of ether oxygens (including phenoxy) is 4. The molecule has 0 saturated carbocycles. The SMILES string of the molecule is CCCCCCCCCCCCCCCCCC(=O)NC(CCC(=O)CCCOCCOCC(=O)NCCOCCOCC(=O)NCCCC[C@H](CC)C(=O)CC[C@H]1CC(=O)N[C@@H](CC(C)C)C(=O)NCCCC[C@@H](C(C)=O)CCC1=O)C(=O)O. The molecule has 1 unspecified atom stereocenters. The minimum absolute atomic E-state index is 0.0158. The van der Waals surface area contributed by atoms with E-state index in [1.807, 2.05) is 20.8 Å². The minimum atomic E-state index is -1.15. The molecule has 6 N–H and O–H groups in total. The van der Waals surface area contributed by atoms with E-state index >= 15 is 0 Å². The van der Waals surface area contributed by atoms with E-state index in [2.05, 4.69) is 33.5 Å². The molecule has 0 aliphatic carbocycles. The highest BCUT2D eigenvalue weighted by Gasteiger charge is 2.29. The van der Waals surface area contributed by atoms with Gasteiger partial charge in [-0.15, -0.1) is 0 Å². The van der Waals surface area contributed by atoms with Gasteiger partial charge in [0.1, 0.15) is 48.4 Å². The normalized spacial score (nSPS) is 17.0. The number of ketones is 4. The van der Waals surface area contributed by atoms with Gasteiger partial charge in [0.15, 0.2) is 0 Å². The molecule has 490 valence electrons. The van der Waals surface area contributed by atoms with Crippen LogP contribution in [0.15, 0.2) is 0 Å². The second kappa shape index (κ2) is 52.5. The van der Waals surface area contributed by atoms with Crippen LogP contribution in [-0.4, -0.2) is 148 Å². The maximum Gasteiger partial charge on any atom is 0.326 e. The second-order valence-electron chi connectivity index (χ2n) is 23.7. The van der Waals surface area contributed by atoms with Gasteiger partial charge in [-0.25, -0.2) is 4.79 Å². The van der Waals surface area contributed by atoms with Crippen LogP contribution in [0, 0.1) is 23.7 Å². The van der Waals surface area contributed by atoms with Crippen LogP contribution in [-0.2, 0) is 66.9 Å². The largest absolute Gasteiger partial charge is 0.480 e. The van der Waals surface area contributed by atoms with Gasteiger partial charge in [0.05, 0.1) is 33.0 Å². The Morgan fingerprint density at radius 1 is 0.612 bits per heavy atom. The molecule has 5 amide bonds. The van der Waals surface area contributed by atoms with E-state index in [0.717, 1.165) is 32.1 Å². The molecule has 1 aliphatic heterocycles. The summed E-state index contributed by atoms with van der Waals surface area (Å²) >= 11 is 0. The monoisotopic (exact) mass is 1210 g/mol. The van der Waals surface area contributed by atoms with Crippen molar-refractivity contribution in [3.05, 3.63) is 0 Å². The molecule has 0 aromatic heterocycles. The van der Waals surface area contributed by atoms with E-state index < -0.39 is 29.9 Å². The minimum Gasteiger partial charge on any atom is -0.480 e. The molecule has 0 radical (unpaired) electrons. The quantitative estimate of drug-likeness (QED) is 0.0310. The van der Waals surface area contributed by atoms with Gasteiger partial charge in [0.25, 0.3) is 0 Å². The average Bonchev–Trinajstić information content (AvgIpc) is 3.70. The lowest BCUT2D eigenvalue weighted by Crippen LogP contribution is -2.48. The number of unbranched alkanes of at least 4 members (excludes halogenated alkanes) is 15. The number of carbonyl (C=O) groups excluding carboxylic acids is 9. The summed E-state index contributed by atoms with van der Waals surface area (Å²) < 4.78 is 21.7. The van der Waals surface area contributed by atoms with Gasteiger partial charge in [-0.05, 0) is 83.5 Å². The molecule has 0 aromatic rings. The van der Waals surface area contributed by atoms with Crippen molar-refractivity contribution in [2.24, 2.45) is 23.7 Å². The van der Waals surface area contributed by atoms with Crippen molar-refractivity contribution in [2.75, 3.05) is 72.5 Å². The van der Waals surface area contributed by atoms with Gasteiger partial charge in [0, 0.05) is 82.5 Å². The number of Topliss-reactive ketones (excluding diaryl/α,β-unsaturated/α-hetero) is 4. The lowest BCUT2D eigenvalue weighted by molar-refractivity contribution is -0.142. The van der Waals surface area contributed by atoms with Crippen LogP contribution < -0.4 is 26.6 Å². The Hall–Kier alpha value is -4.66. The summed E-state index contributed by atoms with van der Waals surface area (Å²) in [6.45, 7) is 11.8. The zero-order chi connectivity index (χ0) is 62.7. The third kappa shape index (κ3) is 44.4. The number of hydrogen-bond donors (Lipinski definition) is 6. The van der Waals surface area contributed by atoms with Crippen LogP contribution in [0.1, 0.15) is 247 Å². The van der Waals surface area contributed by atoms with Crippen molar-refractivity contribution < 1.29 is 72.0 Å². The fraction of sp³-hybridized carbons (Fsp3) is 0.846. The molecule has 0 aromatic carbocycles. The molecular formula is C65H115N5O15. The van der Waals surface area contributed by atoms with Crippen molar-refractivity contribution in [1.82, 2.24) is 26.6 Å². The van der Waals surface area contributed by atoms with Gasteiger partial charge >= 0.3 is 5.97 Å². The molecular weight excluding hydrogens is 1090 g/mol. The number of rotatable bonds is 51. The van der Waals surface area contributed by atoms with Crippen molar-refractivity contribution in [1.29, 1.82) is 0 Å². The average molecular weight is 1210 g/mol. The third-order valence-corrected chi connectivity index (χ3v) is 15.7. The summed E-state index contributed by atoms with van der Waals surface area (Å²) in [5.74, 6) is -4.01. The molecule has 1 heterocycles. The first kappa shape index (κ1) is 78.4. The predicted octanol–water partition coefficient (Wildman–Crippen LogP) is 9.18. The number of carboxylic acids is 1. The number of nitrogens with one attached hydrogen (secondary N) is 5. The first-order valence-corrected chi connectivity index (χ1v) is 33.0. The highest BCUT2D eigenvalue weighted by atomic mass is 16.5. The van der Waals surface area contributed by atoms with Gasteiger partial charge in [-0.1, -0.05) is 130 Å². The summed E-state index contributed by atoms with van der Waals surface area (Å²) in [4.78, 5) is 127. The standard InChI is InChI=1S/C65H115N5O15/c1-6-8-9-10-11-12-13-14-15-16-17-18-19-20-21-30-60(75)69-56(65(80)81)34-33-55(72)29-26-40-82-42-44-84-49-63(78)67-39-41-83-43-45-85-48-62(77)66-37-24-22-27-52(7-2)58(73)36-32-54-47-61(76)70-57(46-50(3)4)64(79)68-38-25-23-28-53(51(5)71)31-35-59(54)74/h50,52-54,56-57H,6-49H2,1-5H3,(H,66,77)(H,67,78)(H,68,79)(H,69,75)(H,70,76)(H,80,81)/t52-,53+,54-,56?,57-/m0/s1. The summed E-state index contributed by atoms with van der Waals surface area (Å²) in [7, 11) is 0.